The van der Waals surface area contributed by atoms with E-state index in [-0.39, 0.29) is 30.2 Å². The molecule has 2 heterocycles. The summed E-state index contributed by atoms with van der Waals surface area (Å²) in [6.07, 6.45) is 10.3. The SMILES string of the molecule is CC(C)(C)CNCC(=O)N1CCCC1C(=O)NCB(O)O.CCCCCCCCC.O=C(O)N1Cc2ccccc2C1. The standard InChI is InChI=1S/C13H26BN3O4.C9H9NO2.C9H20/c1-13(2,3)8-15-7-11(18)17-6-4-5-10(17)12(19)16-9-14(20)21;11-9(12)10-5-7-3-1-2-4-8(7)6-10;1-3-5-7-9-8-6-4-2/h10,15,20-21H,4-9H2,1-3H3,(H,16,19);1-4H,5-6H2,(H,11,12);3-9H2,1-2H3. The second kappa shape index (κ2) is 20.3. The van der Waals surface area contributed by atoms with Crippen molar-refractivity contribution in [3.8, 4) is 0 Å². The lowest BCUT2D eigenvalue weighted by Gasteiger charge is -2.25. The van der Waals surface area contributed by atoms with Gasteiger partial charge in [0.15, 0.2) is 0 Å². The van der Waals surface area contributed by atoms with Crippen LogP contribution < -0.4 is 10.6 Å². The molecule has 1 aromatic carbocycles. The second-order valence-electron chi connectivity index (χ2n) is 12.3. The maximum Gasteiger partial charge on any atom is 0.472 e. The van der Waals surface area contributed by atoms with Gasteiger partial charge in [-0.15, -0.1) is 0 Å². The van der Waals surface area contributed by atoms with Gasteiger partial charge in [-0.3, -0.25) is 14.5 Å². The molecule has 3 amide bonds. The second-order valence-corrected chi connectivity index (χ2v) is 12.3. The smallest absolute Gasteiger partial charge is 0.465 e. The van der Waals surface area contributed by atoms with E-state index in [1.54, 1.807) is 4.90 Å². The largest absolute Gasteiger partial charge is 0.472 e. The predicted molar refractivity (Wildman–Crippen MR) is 168 cm³/mol. The number of benzene rings is 1. The first kappa shape index (κ1) is 37.4. The maximum absolute atomic E-state index is 12.2. The molecule has 1 fully saturated rings. The summed E-state index contributed by atoms with van der Waals surface area (Å²) >= 11 is 0. The Morgan fingerprint density at radius 2 is 1.50 bits per heavy atom. The van der Waals surface area contributed by atoms with Crippen LogP contribution in [0.5, 0.6) is 0 Å². The molecule has 10 nitrogen and oxygen atoms in total. The van der Waals surface area contributed by atoms with Crippen LogP contribution in [0.15, 0.2) is 24.3 Å². The number of likely N-dealkylation sites (tertiary alicyclic amines) is 1. The summed E-state index contributed by atoms with van der Waals surface area (Å²) in [6.45, 7) is 13.3. The Bertz CT molecular complexity index is 909. The summed E-state index contributed by atoms with van der Waals surface area (Å²) in [5, 5.41) is 31.8. The Kier molecular flexibility index (Phi) is 18.1. The number of carbonyl (C=O) groups is 3. The lowest BCUT2D eigenvalue weighted by atomic mass is 9.92. The number of fused-ring (bicyclic) bond motifs is 1. The van der Waals surface area contributed by atoms with Gasteiger partial charge in [0, 0.05) is 26.2 Å². The van der Waals surface area contributed by atoms with Gasteiger partial charge in [-0.05, 0) is 29.4 Å². The summed E-state index contributed by atoms with van der Waals surface area (Å²) in [7, 11) is -1.58. The van der Waals surface area contributed by atoms with Crippen LogP contribution in [0.25, 0.3) is 0 Å². The normalized spacial score (nSPS) is 15.6. The lowest BCUT2D eigenvalue weighted by Crippen LogP contribution is -2.50. The number of hydrogen-bond acceptors (Lipinski definition) is 6. The first-order chi connectivity index (χ1) is 19.9. The van der Waals surface area contributed by atoms with Crippen molar-refractivity contribution in [3.05, 3.63) is 35.4 Å². The molecule has 1 unspecified atom stereocenters. The number of amides is 3. The highest BCUT2D eigenvalue weighted by atomic mass is 16.4. The molecular weight excluding hydrogens is 535 g/mol. The molecule has 1 saturated heterocycles. The van der Waals surface area contributed by atoms with E-state index in [0.29, 0.717) is 26.1 Å². The molecule has 0 bridgehead atoms. The van der Waals surface area contributed by atoms with Crippen molar-refractivity contribution in [1.29, 1.82) is 0 Å². The van der Waals surface area contributed by atoms with Crippen LogP contribution in [-0.4, -0.2) is 82.1 Å². The van der Waals surface area contributed by atoms with Crippen molar-refractivity contribution in [2.75, 3.05) is 26.1 Å². The van der Waals surface area contributed by atoms with Crippen molar-refractivity contribution in [3.63, 3.8) is 0 Å². The Hall–Kier alpha value is -2.63. The zero-order chi connectivity index (χ0) is 31.5. The molecule has 0 aliphatic carbocycles. The minimum atomic E-state index is -1.58. The Morgan fingerprint density at radius 3 is 1.98 bits per heavy atom. The molecule has 5 N–H and O–H groups in total. The van der Waals surface area contributed by atoms with E-state index in [9.17, 15) is 14.4 Å². The minimum Gasteiger partial charge on any atom is -0.465 e. The molecule has 11 heteroatoms. The third kappa shape index (κ3) is 15.6. The topological polar surface area (TPSA) is 142 Å². The third-order valence-corrected chi connectivity index (χ3v) is 7.08. The molecule has 1 atom stereocenters. The number of unbranched alkanes of at least 4 members (excludes halogenated alkanes) is 6. The van der Waals surface area contributed by atoms with Gasteiger partial charge >= 0.3 is 13.2 Å². The van der Waals surface area contributed by atoms with E-state index < -0.39 is 19.3 Å². The van der Waals surface area contributed by atoms with Crippen LogP contribution in [0, 0.1) is 5.41 Å². The Morgan fingerprint density at radius 1 is 0.952 bits per heavy atom. The average molecular weight is 591 g/mol. The van der Waals surface area contributed by atoms with Gasteiger partial charge in [0.25, 0.3) is 0 Å². The van der Waals surface area contributed by atoms with Crippen LogP contribution in [0.1, 0.15) is 104 Å². The van der Waals surface area contributed by atoms with E-state index in [4.69, 9.17) is 15.2 Å². The van der Waals surface area contributed by atoms with Gasteiger partial charge in [0.2, 0.25) is 11.8 Å². The molecular formula is C31H55BN4O6. The van der Waals surface area contributed by atoms with Crippen molar-refractivity contribution < 1.29 is 29.5 Å². The van der Waals surface area contributed by atoms with Gasteiger partial charge in [0.05, 0.1) is 13.0 Å². The summed E-state index contributed by atoms with van der Waals surface area (Å²) in [6, 6.07) is 7.30. The van der Waals surface area contributed by atoms with Crippen LogP contribution >= 0.6 is 0 Å². The van der Waals surface area contributed by atoms with Crippen molar-refractivity contribution in [1.82, 2.24) is 20.4 Å². The maximum atomic E-state index is 12.2. The molecule has 1 aromatic rings. The van der Waals surface area contributed by atoms with Gasteiger partial charge < -0.3 is 30.7 Å². The van der Waals surface area contributed by atoms with E-state index >= 15 is 0 Å². The molecule has 238 valence electrons. The molecule has 0 saturated carbocycles. The van der Waals surface area contributed by atoms with Crippen LogP contribution in [0.4, 0.5) is 4.79 Å². The average Bonchev–Trinajstić information content (AvgIpc) is 3.60. The number of rotatable bonds is 12. The molecule has 2 aliphatic heterocycles. The first-order valence-corrected chi connectivity index (χ1v) is 15.6. The van der Waals surface area contributed by atoms with Crippen LogP contribution in [-0.2, 0) is 22.7 Å². The molecule has 0 radical (unpaired) electrons. The fourth-order valence-electron chi connectivity index (χ4n) is 4.79. The highest BCUT2D eigenvalue weighted by Crippen LogP contribution is 2.21. The molecule has 2 aliphatic rings. The third-order valence-electron chi connectivity index (χ3n) is 7.08. The van der Waals surface area contributed by atoms with E-state index in [1.807, 2.05) is 24.3 Å². The fraction of sp³-hybridized carbons (Fsp3) is 0.710. The van der Waals surface area contributed by atoms with Crippen molar-refractivity contribution in [2.45, 2.75) is 112 Å². The predicted octanol–water partition coefficient (Wildman–Crippen LogP) is 4.18. The molecule has 42 heavy (non-hydrogen) atoms. The molecule has 0 aromatic heterocycles. The summed E-state index contributed by atoms with van der Waals surface area (Å²) in [5.74, 6) is -0.425. The van der Waals surface area contributed by atoms with Crippen LogP contribution in [0.3, 0.4) is 0 Å². The highest BCUT2D eigenvalue weighted by Gasteiger charge is 2.34. The van der Waals surface area contributed by atoms with Gasteiger partial charge in [-0.1, -0.05) is 104 Å². The monoisotopic (exact) mass is 590 g/mol. The quantitative estimate of drug-likeness (QED) is 0.182. The zero-order valence-corrected chi connectivity index (χ0v) is 26.5. The van der Waals surface area contributed by atoms with E-state index in [1.165, 1.54) is 49.8 Å². The fourth-order valence-corrected chi connectivity index (χ4v) is 4.79. The lowest BCUT2D eigenvalue weighted by molar-refractivity contribution is -0.137. The van der Waals surface area contributed by atoms with Gasteiger partial charge in [-0.25, -0.2) is 4.79 Å². The zero-order valence-electron chi connectivity index (χ0n) is 26.5. The number of nitrogens with zero attached hydrogens (tertiary/aromatic N) is 2. The van der Waals surface area contributed by atoms with Gasteiger partial charge in [0.1, 0.15) is 6.04 Å². The Labute approximate surface area is 253 Å². The van der Waals surface area contributed by atoms with E-state index in [2.05, 4.69) is 45.3 Å². The Balaban J connectivity index is 0.000000352. The van der Waals surface area contributed by atoms with Crippen molar-refractivity contribution >= 4 is 25.0 Å². The molecule has 3 rings (SSSR count). The van der Waals surface area contributed by atoms with E-state index in [0.717, 1.165) is 24.1 Å². The summed E-state index contributed by atoms with van der Waals surface area (Å²) in [5.41, 5.74) is 2.35. The van der Waals surface area contributed by atoms with Crippen molar-refractivity contribution in [2.24, 2.45) is 5.41 Å². The number of nitrogens with one attached hydrogen (secondary N) is 2. The highest BCUT2D eigenvalue weighted by molar-refractivity contribution is 6.41. The van der Waals surface area contributed by atoms with Crippen LogP contribution in [0.2, 0.25) is 0 Å². The molecule has 0 spiro atoms. The number of carbonyl (C=O) groups excluding carboxylic acids is 2. The summed E-state index contributed by atoms with van der Waals surface area (Å²) < 4.78 is 0. The number of carboxylic acid groups (broad SMARTS) is 1. The number of hydrogen-bond donors (Lipinski definition) is 5. The first-order valence-electron chi connectivity index (χ1n) is 15.6. The van der Waals surface area contributed by atoms with Gasteiger partial charge in [-0.2, -0.15) is 0 Å². The summed E-state index contributed by atoms with van der Waals surface area (Å²) in [4.78, 5) is 37.7. The minimum absolute atomic E-state index is 0.0959.